The van der Waals surface area contributed by atoms with Crippen LogP contribution in [-0.2, 0) is 6.42 Å². The third kappa shape index (κ3) is 5.52. The van der Waals surface area contributed by atoms with Crippen molar-refractivity contribution >= 4 is 11.7 Å². The molecule has 0 atom stereocenters. The lowest BCUT2D eigenvalue weighted by Gasteiger charge is -2.17. The number of carbonyl (C=O) groups is 1. The second-order valence-corrected chi connectivity index (χ2v) is 6.03. The van der Waals surface area contributed by atoms with Crippen molar-refractivity contribution in [2.45, 2.75) is 33.1 Å². The number of anilines is 1. The Morgan fingerprint density at radius 1 is 1.28 bits per heavy atom. The van der Waals surface area contributed by atoms with Crippen molar-refractivity contribution in [2.24, 2.45) is 0 Å². The average molecular weight is 344 g/mol. The number of nitrogens with one attached hydrogen (secondary N) is 1. The highest BCUT2D eigenvalue weighted by Gasteiger charge is 2.14. The van der Waals surface area contributed by atoms with E-state index >= 15 is 0 Å². The maximum Gasteiger partial charge on any atom is 0.272 e. The van der Waals surface area contributed by atoms with Gasteiger partial charge in [-0.25, -0.2) is 14.4 Å². The highest BCUT2D eigenvalue weighted by atomic mass is 19.1. The summed E-state index contributed by atoms with van der Waals surface area (Å²) in [5.41, 5.74) is 1.02. The van der Waals surface area contributed by atoms with Crippen molar-refractivity contribution in [1.82, 2.24) is 14.9 Å². The maximum atomic E-state index is 13.6. The van der Waals surface area contributed by atoms with E-state index in [0.29, 0.717) is 42.4 Å². The van der Waals surface area contributed by atoms with E-state index in [2.05, 4.69) is 22.2 Å². The number of benzene rings is 1. The van der Waals surface area contributed by atoms with Gasteiger partial charge < -0.3 is 10.2 Å². The molecule has 0 spiro atoms. The molecule has 0 bridgehead atoms. The van der Waals surface area contributed by atoms with Gasteiger partial charge in [0.25, 0.3) is 5.91 Å². The van der Waals surface area contributed by atoms with Crippen LogP contribution in [0, 0.1) is 12.7 Å². The summed E-state index contributed by atoms with van der Waals surface area (Å²) in [6.45, 7) is 5.07. The molecule has 1 amide bonds. The van der Waals surface area contributed by atoms with E-state index in [-0.39, 0.29) is 11.7 Å². The van der Waals surface area contributed by atoms with Gasteiger partial charge in [-0.15, -0.1) is 0 Å². The number of amides is 1. The number of halogens is 1. The van der Waals surface area contributed by atoms with Gasteiger partial charge in [-0.05, 0) is 31.4 Å². The second-order valence-electron chi connectivity index (χ2n) is 6.03. The summed E-state index contributed by atoms with van der Waals surface area (Å²) in [5, 5.41) is 3.15. The van der Waals surface area contributed by atoms with Crippen molar-refractivity contribution in [3.63, 3.8) is 0 Å². The molecule has 0 aliphatic carbocycles. The zero-order chi connectivity index (χ0) is 18.2. The molecule has 1 aromatic heterocycles. The van der Waals surface area contributed by atoms with Gasteiger partial charge in [0.2, 0.25) is 0 Å². The van der Waals surface area contributed by atoms with Gasteiger partial charge in [-0.3, -0.25) is 4.79 Å². The van der Waals surface area contributed by atoms with Gasteiger partial charge in [-0.1, -0.05) is 31.5 Å². The minimum atomic E-state index is -0.211. The van der Waals surface area contributed by atoms with Crippen molar-refractivity contribution in [2.75, 3.05) is 25.5 Å². The van der Waals surface area contributed by atoms with Gasteiger partial charge in [0.05, 0.1) is 0 Å². The Morgan fingerprint density at radius 3 is 2.76 bits per heavy atom. The van der Waals surface area contributed by atoms with Crippen LogP contribution in [0.25, 0.3) is 0 Å². The summed E-state index contributed by atoms with van der Waals surface area (Å²) in [7, 11) is 1.78. The Hall–Kier alpha value is -2.50. The summed E-state index contributed by atoms with van der Waals surface area (Å²) in [5.74, 6) is 0.784. The van der Waals surface area contributed by atoms with Gasteiger partial charge in [0, 0.05) is 26.2 Å². The van der Waals surface area contributed by atoms with Crippen LogP contribution < -0.4 is 5.32 Å². The predicted molar refractivity (Wildman–Crippen MR) is 97.2 cm³/mol. The average Bonchev–Trinajstić information content (AvgIpc) is 2.60. The number of hydrogen-bond acceptors (Lipinski definition) is 4. The molecule has 2 aromatic rings. The van der Waals surface area contributed by atoms with E-state index < -0.39 is 0 Å². The molecule has 25 heavy (non-hydrogen) atoms. The predicted octanol–water partition coefficient (Wildman–Crippen LogP) is 3.45. The highest BCUT2D eigenvalue weighted by molar-refractivity contribution is 5.92. The van der Waals surface area contributed by atoms with E-state index in [1.165, 1.54) is 6.07 Å². The number of unbranched alkanes of at least 4 members (excludes halogenated alkanes) is 1. The third-order valence-corrected chi connectivity index (χ3v) is 3.91. The van der Waals surface area contributed by atoms with E-state index in [9.17, 15) is 9.18 Å². The number of carbonyl (C=O) groups excluding carboxylic acids is 1. The molecule has 0 aliphatic heterocycles. The summed E-state index contributed by atoms with van der Waals surface area (Å²) in [6, 6.07) is 8.36. The van der Waals surface area contributed by atoms with Crippen LogP contribution in [0.2, 0.25) is 0 Å². The monoisotopic (exact) mass is 344 g/mol. The summed E-state index contributed by atoms with van der Waals surface area (Å²) in [4.78, 5) is 22.7. The molecule has 0 radical (unpaired) electrons. The lowest BCUT2D eigenvalue weighted by Crippen LogP contribution is -2.29. The Balaban J connectivity index is 2.01. The van der Waals surface area contributed by atoms with Crippen LogP contribution in [0.3, 0.4) is 0 Å². The van der Waals surface area contributed by atoms with Crippen molar-refractivity contribution in [3.8, 4) is 0 Å². The number of hydrogen-bond donors (Lipinski definition) is 1. The SMILES string of the molecule is CCCCN(C)C(=O)c1cc(NCCc2ccccc2F)nc(C)n1. The molecule has 0 aliphatic rings. The van der Waals surface area contributed by atoms with E-state index in [0.717, 1.165) is 12.8 Å². The first-order valence-corrected chi connectivity index (χ1v) is 8.59. The summed E-state index contributed by atoms with van der Waals surface area (Å²) < 4.78 is 13.6. The van der Waals surface area contributed by atoms with Gasteiger partial charge in [0.15, 0.2) is 0 Å². The van der Waals surface area contributed by atoms with E-state index in [1.54, 1.807) is 37.1 Å². The molecular formula is C19H25FN4O. The molecule has 6 heteroatoms. The van der Waals surface area contributed by atoms with Crippen LogP contribution in [0.5, 0.6) is 0 Å². The standard InChI is InChI=1S/C19H25FN4O/c1-4-5-12-24(3)19(25)17-13-18(23-14(2)22-17)21-11-10-15-8-6-7-9-16(15)20/h6-9,13H,4-5,10-12H2,1-3H3,(H,21,22,23). The summed E-state index contributed by atoms with van der Waals surface area (Å²) >= 11 is 0. The molecule has 2 rings (SSSR count). The lowest BCUT2D eigenvalue weighted by molar-refractivity contribution is 0.0787. The van der Waals surface area contributed by atoms with Gasteiger partial charge in [-0.2, -0.15) is 0 Å². The van der Waals surface area contributed by atoms with Gasteiger partial charge >= 0.3 is 0 Å². The smallest absolute Gasteiger partial charge is 0.272 e. The molecular weight excluding hydrogens is 319 g/mol. The molecule has 1 aromatic carbocycles. The Labute approximate surface area is 148 Å². The lowest BCUT2D eigenvalue weighted by atomic mass is 10.1. The third-order valence-electron chi connectivity index (χ3n) is 3.91. The Morgan fingerprint density at radius 2 is 2.04 bits per heavy atom. The van der Waals surface area contributed by atoms with Crippen molar-refractivity contribution in [1.29, 1.82) is 0 Å². The fraction of sp³-hybridized carbons (Fsp3) is 0.421. The van der Waals surface area contributed by atoms with E-state index in [4.69, 9.17) is 0 Å². The topological polar surface area (TPSA) is 58.1 Å². The number of nitrogens with zero attached hydrogens (tertiary/aromatic N) is 3. The molecule has 0 unspecified atom stereocenters. The molecule has 134 valence electrons. The quantitative estimate of drug-likeness (QED) is 0.797. The van der Waals surface area contributed by atoms with Crippen LogP contribution >= 0.6 is 0 Å². The zero-order valence-corrected chi connectivity index (χ0v) is 15.1. The molecule has 1 N–H and O–H groups in total. The first-order valence-electron chi connectivity index (χ1n) is 8.59. The minimum Gasteiger partial charge on any atom is -0.370 e. The normalized spacial score (nSPS) is 10.6. The fourth-order valence-corrected chi connectivity index (χ4v) is 2.49. The molecule has 0 saturated carbocycles. The van der Waals surface area contributed by atoms with Crippen LogP contribution in [0.4, 0.5) is 10.2 Å². The van der Waals surface area contributed by atoms with Crippen molar-refractivity contribution in [3.05, 3.63) is 53.2 Å². The zero-order valence-electron chi connectivity index (χ0n) is 15.1. The van der Waals surface area contributed by atoms with Crippen LogP contribution in [0.15, 0.2) is 30.3 Å². The maximum absolute atomic E-state index is 13.6. The van der Waals surface area contributed by atoms with Crippen LogP contribution in [-0.4, -0.2) is 40.9 Å². The molecule has 0 saturated heterocycles. The minimum absolute atomic E-state index is 0.115. The number of aromatic nitrogens is 2. The highest BCUT2D eigenvalue weighted by Crippen LogP contribution is 2.11. The van der Waals surface area contributed by atoms with Gasteiger partial charge in [0.1, 0.15) is 23.2 Å². The Bertz CT molecular complexity index is 720. The molecule has 5 nitrogen and oxygen atoms in total. The molecule has 1 heterocycles. The summed E-state index contributed by atoms with van der Waals surface area (Å²) in [6.07, 6.45) is 2.53. The number of aryl methyl sites for hydroxylation is 1. The van der Waals surface area contributed by atoms with E-state index in [1.807, 2.05) is 6.07 Å². The Kier molecular flexibility index (Phi) is 6.86. The van der Waals surface area contributed by atoms with Crippen LogP contribution in [0.1, 0.15) is 41.6 Å². The second kappa shape index (κ2) is 9.11. The van der Waals surface area contributed by atoms with Crippen molar-refractivity contribution < 1.29 is 9.18 Å². The molecule has 0 fully saturated rings. The number of rotatable bonds is 8. The fourth-order valence-electron chi connectivity index (χ4n) is 2.49. The first kappa shape index (κ1) is 18.8. The largest absolute Gasteiger partial charge is 0.370 e. The first-order chi connectivity index (χ1) is 12.0.